The van der Waals surface area contributed by atoms with E-state index in [1.807, 2.05) is 39.8 Å². The Morgan fingerprint density at radius 2 is 1.74 bits per heavy atom. The van der Waals surface area contributed by atoms with Gasteiger partial charge in [-0.2, -0.15) is 0 Å². The quantitative estimate of drug-likeness (QED) is 0.420. The van der Waals surface area contributed by atoms with Crippen molar-refractivity contribution in [2.75, 3.05) is 7.11 Å². The Morgan fingerprint density at radius 3 is 2.24 bits per heavy atom. The van der Waals surface area contributed by atoms with Gasteiger partial charge in [-0.25, -0.2) is 4.39 Å². The second kappa shape index (κ2) is 11.7. The molecule has 0 aromatic heterocycles. The molecule has 1 amide bonds. The normalized spacial score (nSPS) is 12.7. The van der Waals surface area contributed by atoms with Crippen LogP contribution in [0.3, 0.4) is 0 Å². The van der Waals surface area contributed by atoms with Crippen LogP contribution >= 0.6 is 0 Å². The molecule has 2 aromatic rings. The maximum atomic E-state index is 15.3. The number of methoxy groups -OCH3 is 1. The average molecular weight is 471 g/mol. The first-order valence-corrected chi connectivity index (χ1v) is 11.3. The van der Waals surface area contributed by atoms with Crippen LogP contribution in [0.25, 0.3) is 11.1 Å². The van der Waals surface area contributed by atoms with Gasteiger partial charge in [0.1, 0.15) is 17.6 Å². The number of rotatable bonds is 11. The van der Waals surface area contributed by atoms with Crippen molar-refractivity contribution in [3.05, 3.63) is 65.1 Å². The maximum absolute atomic E-state index is 15.3. The van der Waals surface area contributed by atoms with E-state index in [1.165, 1.54) is 6.20 Å². The maximum Gasteiger partial charge on any atom is 0.305 e. The van der Waals surface area contributed by atoms with Crippen molar-refractivity contribution in [2.24, 2.45) is 5.92 Å². The monoisotopic (exact) mass is 470 g/mol. The molecule has 184 valence electrons. The topological polar surface area (TPSA) is 87.7 Å². The highest BCUT2D eigenvalue weighted by molar-refractivity contribution is 5.83. The molecule has 2 rings (SSSR count). The molecule has 2 atom stereocenters. The third-order valence-corrected chi connectivity index (χ3v) is 5.73. The molecular weight excluding hydrogens is 435 g/mol. The lowest BCUT2D eigenvalue weighted by atomic mass is 9.90. The zero-order valence-corrected chi connectivity index (χ0v) is 20.8. The largest absolute Gasteiger partial charge is 0.497 e. The molecular formula is C27H35FN2O4. The van der Waals surface area contributed by atoms with Crippen LogP contribution in [-0.2, 0) is 9.59 Å². The molecule has 3 N–H and O–H groups in total. The van der Waals surface area contributed by atoms with E-state index in [0.29, 0.717) is 12.0 Å². The van der Waals surface area contributed by atoms with Gasteiger partial charge in [0.25, 0.3) is 0 Å². The van der Waals surface area contributed by atoms with Gasteiger partial charge in [0.2, 0.25) is 5.91 Å². The molecule has 0 radical (unpaired) electrons. The lowest BCUT2D eigenvalue weighted by Crippen LogP contribution is -2.44. The number of aliphatic carboxylic acids is 1. The van der Waals surface area contributed by atoms with E-state index in [9.17, 15) is 14.7 Å². The number of aryl methyl sites for hydroxylation is 3. The fraction of sp³-hybridized carbons (Fsp3) is 0.407. The summed E-state index contributed by atoms with van der Waals surface area (Å²) in [6.45, 7) is 13.1. The highest BCUT2D eigenvalue weighted by Gasteiger charge is 2.27. The number of carboxylic acid groups (broad SMARTS) is 1. The first-order valence-electron chi connectivity index (χ1n) is 11.3. The predicted molar refractivity (Wildman–Crippen MR) is 132 cm³/mol. The van der Waals surface area contributed by atoms with E-state index >= 15 is 4.39 Å². The van der Waals surface area contributed by atoms with E-state index < -0.39 is 36.2 Å². The number of carbonyl (C=O) groups is 2. The van der Waals surface area contributed by atoms with E-state index in [0.717, 1.165) is 28.0 Å². The lowest BCUT2D eigenvalue weighted by Gasteiger charge is -2.25. The number of hydrogen-bond donors (Lipinski definition) is 3. The second-order valence-electron chi connectivity index (χ2n) is 9.04. The molecule has 0 aliphatic heterocycles. The first kappa shape index (κ1) is 26.9. The van der Waals surface area contributed by atoms with Crippen LogP contribution in [-0.4, -0.2) is 30.1 Å². The van der Waals surface area contributed by atoms with Gasteiger partial charge in [-0.05, 0) is 91.4 Å². The van der Waals surface area contributed by atoms with Gasteiger partial charge >= 0.3 is 5.97 Å². The summed E-state index contributed by atoms with van der Waals surface area (Å²) in [5.41, 5.74) is 4.06. The average Bonchev–Trinajstić information content (AvgIpc) is 2.74. The highest BCUT2D eigenvalue weighted by Crippen LogP contribution is 2.35. The Hall–Kier alpha value is -3.35. The molecule has 0 bridgehead atoms. The number of nitrogens with one attached hydrogen (secondary N) is 2. The van der Waals surface area contributed by atoms with Gasteiger partial charge < -0.3 is 20.5 Å². The second-order valence-corrected chi connectivity index (χ2v) is 9.04. The number of ether oxygens (including phenoxy) is 1. The third kappa shape index (κ3) is 6.59. The Bertz CT molecular complexity index is 1040. The first-order chi connectivity index (χ1) is 16.0. The minimum Gasteiger partial charge on any atom is -0.497 e. The van der Waals surface area contributed by atoms with E-state index in [-0.39, 0.29) is 11.5 Å². The van der Waals surface area contributed by atoms with Crippen LogP contribution in [0.15, 0.2) is 37.0 Å². The van der Waals surface area contributed by atoms with Gasteiger partial charge in [0.05, 0.1) is 19.6 Å². The summed E-state index contributed by atoms with van der Waals surface area (Å²) in [6.07, 6.45) is 1.50. The summed E-state index contributed by atoms with van der Waals surface area (Å²) in [5, 5.41) is 15.2. The lowest BCUT2D eigenvalue weighted by molar-refractivity contribution is -0.137. The van der Waals surface area contributed by atoms with Gasteiger partial charge in [-0.1, -0.05) is 20.4 Å². The van der Waals surface area contributed by atoms with Crippen molar-refractivity contribution >= 4 is 11.9 Å². The SMILES string of the molecule is C=CNC(CC(C)C)C(=O)N[C@@H](CC(=O)O)c1cc(-c2c(C)cc(OC)cc2C)cc(C)c1F. The minimum absolute atomic E-state index is 0.141. The van der Waals surface area contributed by atoms with Crippen molar-refractivity contribution in [3.63, 3.8) is 0 Å². The van der Waals surface area contributed by atoms with Crippen LogP contribution < -0.4 is 15.4 Å². The molecule has 0 aliphatic rings. The van der Waals surface area contributed by atoms with Crippen LogP contribution in [0.5, 0.6) is 5.75 Å². The van der Waals surface area contributed by atoms with Crippen molar-refractivity contribution < 1.29 is 23.8 Å². The number of carboxylic acids is 1. The Kier molecular flexibility index (Phi) is 9.24. The van der Waals surface area contributed by atoms with E-state index in [4.69, 9.17) is 4.74 Å². The minimum atomic E-state index is -1.14. The number of hydrogen-bond acceptors (Lipinski definition) is 4. The molecule has 1 unspecified atom stereocenters. The summed E-state index contributed by atoms with van der Waals surface area (Å²) in [5.74, 6) is -1.14. The Morgan fingerprint density at radius 1 is 1.12 bits per heavy atom. The standard InChI is InChI=1S/C27H35FN2O4/c1-8-29-23(9-15(2)3)27(33)30-22(14-24(31)32)21-13-19(10-18(6)26(21)28)25-16(4)11-20(34-7)12-17(25)5/h8,10-13,15,22-23,29H,1,9,14H2,2-7H3,(H,30,33)(H,31,32)/t22-,23?/m0/s1. The van der Waals surface area contributed by atoms with Gasteiger partial charge in [-0.15, -0.1) is 0 Å². The molecule has 0 heterocycles. The van der Waals surface area contributed by atoms with Gasteiger partial charge in [-0.3, -0.25) is 9.59 Å². The number of benzene rings is 2. The molecule has 2 aromatic carbocycles. The fourth-order valence-corrected chi connectivity index (χ4v) is 4.24. The van der Waals surface area contributed by atoms with E-state index in [1.54, 1.807) is 26.2 Å². The smallest absolute Gasteiger partial charge is 0.305 e. The fourth-order valence-electron chi connectivity index (χ4n) is 4.24. The van der Waals surface area contributed by atoms with Crippen molar-refractivity contribution in [2.45, 2.75) is 59.5 Å². The molecule has 0 fully saturated rings. The van der Waals surface area contributed by atoms with Crippen LogP contribution in [0, 0.1) is 32.5 Å². The predicted octanol–water partition coefficient (Wildman–Crippen LogP) is 5.21. The molecule has 0 aliphatic carbocycles. The number of amides is 1. The number of carbonyl (C=O) groups excluding carboxylic acids is 1. The summed E-state index contributed by atoms with van der Waals surface area (Å²) < 4.78 is 20.7. The molecule has 0 saturated carbocycles. The van der Waals surface area contributed by atoms with Gasteiger partial charge in [0, 0.05) is 5.56 Å². The third-order valence-electron chi connectivity index (χ3n) is 5.73. The van der Waals surface area contributed by atoms with Crippen LogP contribution in [0.2, 0.25) is 0 Å². The summed E-state index contributed by atoms with van der Waals surface area (Å²) in [6, 6.07) is 5.52. The molecule has 7 heteroatoms. The summed E-state index contributed by atoms with van der Waals surface area (Å²) in [7, 11) is 1.60. The zero-order valence-electron chi connectivity index (χ0n) is 20.8. The summed E-state index contributed by atoms with van der Waals surface area (Å²) in [4.78, 5) is 24.7. The molecule has 0 saturated heterocycles. The van der Waals surface area contributed by atoms with Crippen molar-refractivity contribution in [1.82, 2.24) is 10.6 Å². The van der Waals surface area contributed by atoms with Crippen LogP contribution in [0.1, 0.15) is 55.0 Å². The zero-order chi connectivity index (χ0) is 25.6. The van der Waals surface area contributed by atoms with Crippen molar-refractivity contribution in [3.8, 4) is 16.9 Å². The van der Waals surface area contributed by atoms with Crippen molar-refractivity contribution in [1.29, 1.82) is 0 Å². The molecule has 6 nitrogen and oxygen atoms in total. The Labute approximate surface area is 201 Å². The van der Waals surface area contributed by atoms with Gasteiger partial charge in [0.15, 0.2) is 0 Å². The molecule has 34 heavy (non-hydrogen) atoms. The highest BCUT2D eigenvalue weighted by atomic mass is 19.1. The van der Waals surface area contributed by atoms with Crippen LogP contribution in [0.4, 0.5) is 4.39 Å². The number of halogens is 1. The summed E-state index contributed by atoms with van der Waals surface area (Å²) >= 11 is 0. The Balaban J connectivity index is 2.56. The van der Waals surface area contributed by atoms with E-state index in [2.05, 4.69) is 17.2 Å². The molecule has 0 spiro atoms.